The number of methoxy groups -OCH3 is 1. The van der Waals surface area contributed by atoms with Gasteiger partial charge in [0, 0.05) is 25.3 Å². The molecule has 27 heavy (non-hydrogen) atoms. The van der Waals surface area contributed by atoms with Gasteiger partial charge in [0.25, 0.3) is 0 Å². The molecule has 0 saturated carbocycles. The predicted octanol–water partition coefficient (Wildman–Crippen LogP) is 4.00. The fourth-order valence-electron chi connectivity index (χ4n) is 3.67. The summed E-state index contributed by atoms with van der Waals surface area (Å²) in [4.78, 5) is 12.8. The molecular weight excluding hydrogens is 338 g/mol. The Labute approximate surface area is 161 Å². The highest BCUT2D eigenvalue weighted by Crippen LogP contribution is 2.36. The van der Waals surface area contributed by atoms with Crippen LogP contribution in [0.2, 0.25) is 0 Å². The number of rotatable bonds is 7. The zero-order chi connectivity index (χ0) is 19.1. The van der Waals surface area contributed by atoms with Crippen molar-refractivity contribution in [2.24, 2.45) is 5.41 Å². The van der Waals surface area contributed by atoms with E-state index in [-0.39, 0.29) is 5.91 Å². The summed E-state index contributed by atoms with van der Waals surface area (Å²) in [5, 5.41) is 2.99. The lowest BCUT2D eigenvalue weighted by atomic mass is 9.74. The standard InChI is InChI=1S/C23H27NO3/c1-3-14-24-22(25)23(12-15-27-16-13-23)17-18-8-10-19(11-9-18)20-6-4-5-7-21(20)26-2/h3-11H,1,12-17H2,2H3,(H,24,25). The molecule has 4 nitrogen and oxygen atoms in total. The van der Waals surface area contributed by atoms with Crippen LogP contribution in [0.25, 0.3) is 11.1 Å². The molecule has 0 radical (unpaired) electrons. The average Bonchev–Trinajstić information content (AvgIpc) is 2.73. The first kappa shape index (κ1) is 19.2. The van der Waals surface area contributed by atoms with Crippen molar-refractivity contribution < 1.29 is 14.3 Å². The molecule has 1 N–H and O–H groups in total. The van der Waals surface area contributed by atoms with Crippen LogP contribution in [0, 0.1) is 5.41 Å². The van der Waals surface area contributed by atoms with Crippen molar-refractivity contribution >= 4 is 5.91 Å². The van der Waals surface area contributed by atoms with Crippen LogP contribution < -0.4 is 10.1 Å². The van der Waals surface area contributed by atoms with Crippen LogP contribution in [-0.2, 0) is 16.0 Å². The number of benzene rings is 2. The van der Waals surface area contributed by atoms with Gasteiger partial charge in [-0.1, -0.05) is 48.5 Å². The Hall–Kier alpha value is -2.59. The molecule has 0 spiro atoms. The predicted molar refractivity (Wildman–Crippen MR) is 108 cm³/mol. The number of carbonyl (C=O) groups excluding carboxylic acids is 1. The summed E-state index contributed by atoms with van der Waals surface area (Å²) < 4.78 is 11.0. The van der Waals surface area contributed by atoms with Crippen LogP contribution in [0.5, 0.6) is 5.75 Å². The second-order valence-corrected chi connectivity index (χ2v) is 6.97. The molecule has 2 aromatic rings. The Morgan fingerprint density at radius 1 is 1.19 bits per heavy atom. The van der Waals surface area contributed by atoms with Crippen LogP contribution in [0.15, 0.2) is 61.2 Å². The molecule has 0 aliphatic carbocycles. The Kier molecular flexibility index (Phi) is 6.30. The van der Waals surface area contributed by atoms with Crippen molar-refractivity contribution in [1.82, 2.24) is 5.32 Å². The van der Waals surface area contributed by atoms with Crippen LogP contribution >= 0.6 is 0 Å². The van der Waals surface area contributed by atoms with Gasteiger partial charge in [0.05, 0.1) is 12.5 Å². The third-order valence-electron chi connectivity index (χ3n) is 5.25. The summed E-state index contributed by atoms with van der Waals surface area (Å²) in [6.45, 7) is 5.43. The van der Waals surface area contributed by atoms with E-state index in [0.717, 1.165) is 35.3 Å². The van der Waals surface area contributed by atoms with Gasteiger partial charge in [-0.05, 0) is 36.5 Å². The van der Waals surface area contributed by atoms with Gasteiger partial charge >= 0.3 is 0 Å². The highest BCUT2D eigenvalue weighted by atomic mass is 16.5. The lowest BCUT2D eigenvalue weighted by Crippen LogP contribution is -2.46. The normalized spacial score (nSPS) is 15.7. The monoisotopic (exact) mass is 365 g/mol. The fraction of sp³-hybridized carbons (Fsp3) is 0.348. The number of para-hydroxylation sites is 1. The summed E-state index contributed by atoms with van der Waals surface area (Å²) in [7, 11) is 1.68. The van der Waals surface area contributed by atoms with Crippen molar-refractivity contribution in [2.75, 3.05) is 26.9 Å². The zero-order valence-corrected chi connectivity index (χ0v) is 15.9. The first-order chi connectivity index (χ1) is 13.2. The minimum atomic E-state index is -0.410. The largest absolute Gasteiger partial charge is 0.496 e. The van der Waals surface area contributed by atoms with E-state index < -0.39 is 5.41 Å². The summed E-state index contributed by atoms with van der Waals surface area (Å²) in [6.07, 6.45) is 3.91. The molecule has 1 saturated heterocycles. The number of hydrogen-bond donors (Lipinski definition) is 1. The molecular formula is C23H27NO3. The molecule has 0 bridgehead atoms. The van der Waals surface area contributed by atoms with Crippen molar-refractivity contribution in [2.45, 2.75) is 19.3 Å². The van der Waals surface area contributed by atoms with Gasteiger partial charge in [0.2, 0.25) is 5.91 Å². The fourth-order valence-corrected chi connectivity index (χ4v) is 3.67. The van der Waals surface area contributed by atoms with Crippen molar-refractivity contribution in [3.8, 4) is 16.9 Å². The molecule has 0 aromatic heterocycles. The highest BCUT2D eigenvalue weighted by molar-refractivity contribution is 5.83. The SMILES string of the molecule is C=CCNC(=O)C1(Cc2ccc(-c3ccccc3OC)cc2)CCOCC1. The van der Waals surface area contributed by atoms with Crippen LogP contribution in [0.4, 0.5) is 0 Å². The molecule has 0 unspecified atom stereocenters. The molecule has 2 aromatic carbocycles. The number of ether oxygens (including phenoxy) is 2. The molecule has 1 heterocycles. The van der Waals surface area contributed by atoms with Crippen molar-refractivity contribution in [1.29, 1.82) is 0 Å². The quantitative estimate of drug-likeness (QED) is 0.755. The van der Waals surface area contributed by atoms with E-state index in [9.17, 15) is 4.79 Å². The number of amides is 1. The zero-order valence-electron chi connectivity index (χ0n) is 15.9. The van der Waals surface area contributed by atoms with Gasteiger partial charge in [0.1, 0.15) is 5.75 Å². The average molecular weight is 365 g/mol. The van der Waals surface area contributed by atoms with Gasteiger partial charge in [0.15, 0.2) is 0 Å². The minimum absolute atomic E-state index is 0.0968. The van der Waals surface area contributed by atoms with Crippen LogP contribution in [-0.4, -0.2) is 32.8 Å². The molecule has 142 valence electrons. The van der Waals surface area contributed by atoms with Gasteiger partial charge in [-0.15, -0.1) is 6.58 Å². The topological polar surface area (TPSA) is 47.6 Å². The van der Waals surface area contributed by atoms with E-state index in [0.29, 0.717) is 26.2 Å². The second kappa shape index (κ2) is 8.87. The van der Waals surface area contributed by atoms with Gasteiger partial charge in [-0.25, -0.2) is 0 Å². The smallest absolute Gasteiger partial charge is 0.226 e. The first-order valence-electron chi connectivity index (χ1n) is 9.38. The van der Waals surface area contributed by atoms with E-state index in [2.05, 4.69) is 42.2 Å². The molecule has 3 rings (SSSR count). The van der Waals surface area contributed by atoms with E-state index in [4.69, 9.17) is 9.47 Å². The Bertz CT molecular complexity index is 776. The summed E-state index contributed by atoms with van der Waals surface area (Å²) in [5.74, 6) is 0.953. The molecule has 1 fully saturated rings. The maximum Gasteiger partial charge on any atom is 0.226 e. The lowest BCUT2D eigenvalue weighted by Gasteiger charge is -2.36. The summed E-state index contributed by atoms with van der Waals surface area (Å²) in [5.41, 5.74) is 2.92. The summed E-state index contributed by atoms with van der Waals surface area (Å²) >= 11 is 0. The van der Waals surface area contributed by atoms with Gasteiger partial charge in [-0.2, -0.15) is 0 Å². The Morgan fingerprint density at radius 3 is 2.56 bits per heavy atom. The molecule has 1 aliphatic heterocycles. The molecule has 0 atom stereocenters. The van der Waals surface area contributed by atoms with Crippen molar-refractivity contribution in [3.05, 3.63) is 66.7 Å². The first-order valence-corrected chi connectivity index (χ1v) is 9.38. The molecule has 1 aliphatic rings. The summed E-state index contributed by atoms with van der Waals surface area (Å²) in [6, 6.07) is 16.4. The second-order valence-electron chi connectivity index (χ2n) is 6.97. The third kappa shape index (κ3) is 4.40. The maximum atomic E-state index is 12.8. The lowest BCUT2D eigenvalue weighted by molar-refractivity contribution is -0.136. The number of nitrogens with one attached hydrogen (secondary N) is 1. The number of hydrogen-bond acceptors (Lipinski definition) is 3. The van der Waals surface area contributed by atoms with E-state index in [1.807, 2.05) is 18.2 Å². The Balaban J connectivity index is 1.81. The van der Waals surface area contributed by atoms with E-state index in [1.54, 1.807) is 13.2 Å². The van der Waals surface area contributed by atoms with Gasteiger partial charge in [-0.3, -0.25) is 4.79 Å². The molecule has 1 amide bonds. The van der Waals surface area contributed by atoms with Crippen molar-refractivity contribution in [3.63, 3.8) is 0 Å². The van der Waals surface area contributed by atoms with E-state index >= 15 is 0 Å². The molecule has 4 heteroatoms. The maximum absolute atomic E-state index is 12.8. The third-order valence-corrected chi connectivity index (χ3v) is 5.25. The Morgan fingerprint density at radius 2 is 1.89 bits per heavy atom. The van der Waals surface area contributed by atoms with Gasteiger partial charge < -0.3 is 14.8 Å². The minimum Gasteiger partial charge on any atom is -0.496 e. The van der Waals surface area contributed by atoms with Crippen LogP contribution in [0.1, 0.15) is 18.4 Å². The van der Waals surface area contributed by atoms with Crippen LogP contribution in [0.3, 0.4) is 0 Å². The number of carbonyl (C=O) groups is 1. The highest BCUT2D eigenvalue weighted by Gasteiger charge is 2.39. The van der Waals surface area contributed by atoms with E-state index in [1.165, 1.54) is 0 Å².